The number of aromatic amines is 1. The number of pyridine rings is 2. The van der Waals surface area contributed by atoms with Crippen molar-refractivity contribution < 1.29 is 0 Å². The first-order chi connectivity index (χ1) is 13.8. The first-order valence-corrected chi connectivity index (χ1v) is 9.81. The fourth-order valence-corrected chi connectivity index (χ4v) is 4.10. The third kappa shape index (κ3) is 3.53. The average Bonchev–Trinajstić information content (AvgIpc) is 3.37. The third-order valence-corrected chi connectivity index (χ3v) is 5.46. The zero-order valence-corrected chi connectivity index (χ0v) is 15.7. The van der Waals surface area contributed by atoms with Crippen molar-refractivity contribution in [1.29, 1.82) is 0 Å². The molecule has 1 aliphatic heterocycles. The topological polar surface area (TPSA) is 75.0 Å². The Morgan fingerprint density at radius 2 is 2.04 bits per heavy atom. The Hall–Kier alpha value is -3.06. The van der Waals surface area contributed by atoms with Crippen LogP contribution in [0.1, 0.15) is 24.4 Å². The van der Waals surface area contributed by atoms with E-state index in [-0.39, 0.29) is 0 Å². The van der Waals surface area contributed by atoms with Crippen LogP contribution < -0.4 is 0 Å². The molecular formula is C21H23N7. The van der Waals surface area contributed by atoms with Gasteiger partial charge < -0.3 is 0 Å². The van der Waals surface area contributed by atoms with Gasteiger partial charge in [0.2, 0.25) is 0 Å². The molecule has 5 heterocycles. The summed E-state index contributed by atoms with van der Waals surface area (Å²) in [4.78, 5) is 6.59. The lowest BCUT2D eigenvalue weighted by molar-refractivity contribution is 0.164. The van der Waals surface area contributed by atoms with Crippen molar-refractivity contribution in [2.24, 2.45) is 5.92 Å². The van der Waals surface area contributed by atoms with Gasteiger partial charge in [0, 0.05) is 49.4 Å². The quantitative estimate of drug-likeness (QED) is 0.582. The van der Waals surface area contributed by atoms with Gasteiger partial charge in [-0.05, 0) is 55.6 Å². The zero-order valence-electron chi connectivity index (χ0n) is 15.7. The number of piperidine rings is 1. The van der Waals surface area contributed by atoms with E-state index in [9.17, 15) is 0 Å². The van der Waals surface area contributed by atoms with Crippen LogP contribution in [0.3, 0.4) is 0 Å². The molecule has 1 fully saturated rings. The number of nitrogens with zero attached hydrogens (tertiary/aromatic N) is 6. The summed E-state index contributed by atoms with van der Waals surface area (Å²) in [5, 5.41) is 16.4. The molecule has 0 aromatic carbocycles. The molecule has 0 amide bonds. The van der Waals surface area contributed by atoms with E-state index in [1.165, 1.54) is 12.8 Å². The van der Waals surface area contributed by atoms with E-state index in [0.29, 0.717) is 5.92 Å². The largest absolute Gasteiger partial charge is 0.297 e. The van der Waals surface area contributed by atoms with Crippen molar-refractivity contribution in [3.05, 3.63) is 66.5 Å². The standard InChI is InChI=1S/C21H23N7/c1-2-11-28-20(5-1)25-26-21(28)12-16-4-3-10-27(14-16)15-18-13-19(24-23-18)17-6-8-22-9-7-17/h1-2,5-9,11,13,16H,3-4,10,12,14-15H2,(H,23,24). The molecule has 0 bridgehead atoms. The Labute approximate surface area is 163 Å². The van der Waals surface area contributed by atoms with Crippen LogP contribution in [0.4, 0.5) is 0 Å². The van der Waals surface area contributed by atoms with Gasteiger partial charge in [-0.3, -0.25) is 19.4 Å². The van der Waals surface area contributed by atoms with Gasteiger partial charge in [-0.2, -0.15) is 5.10 Å². The summed E-state index contributed by atoms with van der Waals surface area (Å²) in [5.74, 6) is 1.66. The van der Waals surface area contributed by atoms with E-state index in [0.717, 1.165) is 54.5 Å². The van der Waals surface area contributed by atoms with Crippen molar-refractivity contribution in [3.63, 3.8) is 0 Å². The van der Waals surface area contributed by atoms with Crippen molar-refractivity contribution in [2.45, 2.75) is 25.8 Å². The number of aromatic nitrogens is 6. The predicted molar refractivity (Wildman–Crippen MR) is 107 cm³/mol. The highest BCUT2D eigenvalue weighted by molar-refractivity contribution is 5.58. The number of fused-ring (bicyclic) bond motifs is 1. The molecule has 4 aromatic heterocycles. The van der Waals surface area contributed by atoms with Crippen LogP contribution in [0, 0.1) is 5.92 Å². The summed E-state index contributed by atoms with van der Waals surface area (Å²) >= 11 is 0. The van der Waals surface area contributed by atoms with E-state index in [2.05, 4.69) is 46.9 Å². The molecule has 0 aliphatic carbocycles. The predicted octanol–water partition coefficient (Wildman–Crippen LogP) is 2.97. The molecule has 28 heavy (non-hydrogen) atoms. The Kier molecular flexibility index (Phi) is 4.58. The molecule has 1 N–H and O–H groups in total. The van der Waals surface area contributed by atoms with Gasteiger partial charge in [0.15, 0.2) is 5.65 Å². The van der Waals surface area contributed by atoms with E-state index in [1.807, 2.05) is 30.3 Å². The SMILES string of the molecule is c1ccn2c(CC3CCCN(Cc4cc(-c5ccncc5)n[nH]4)C3)nnc2c1. The Balaban J connectivity index is 1.24. The highest BCUT2D eigenvalue weighted by Crippen LogP contribution is 2.23. The van der Waals surface area contributed by atoms with Gasteiger partial charge in [0.05, 0.1) is 5.69 Å². The van der Waals surface area contributed by atoms with Crippen LogP contribution in [0.5, 0.6) is 0 Å². The lowest BCUT2D eigenvalue weighted by atomic mass is 9.94. The normalized spacial score (nSPS) is 17.9. The molecule has 4 aromatic rings. The van der Waals surface area contributed by atoms with Crippen molar-refractivity contribution in [1.82, 2.24) is 34.7 Å². The molecule has 1 unspecified atom stereocenters. The molecule has 142 valence electrons. The third-order valence-electron chi connectivity index (χ3n) is 5.46. The maximum absolute atomic E-state index is 4.46. The van der Waals surface area contributed by atoms with E-state index in [4.69, 9.17) is 0 Å². The minimum Gasteiger partial charge on any atom is -0.297 e. The smallest absolute Gasteiger partial charge is 0.160 e. The number of H-pyrrole nitrogens is 1. The Bertz CT molecular complexity index is 1050. The van der Waals surface area contributed by atoms with Crippen molar-refractivity contribution in [2.75, 3.05) is 13.1 Å². The van der Waals surface area contributed by atoms with E-state index < -0.39 is 0 Å². The maximum Gasteiger partial charge on any atom is 0.160 e. The first-order valence-electron chi connectivity index (χ1n) is 9.81. The highest BCUT2D eigenvalue weighted by Gasteiger charge is 2.22. The van der Waals surface area contributed by atoms with Gasteiger partial charge in [-0.15, -0.1) is 10.2 Å². The Morgan fingerprint density at radius 1 is 1.11 bits per heavy atom. The monoisotopic (exact) mass is 373 g/mol. The number of rotatable bonds is 5. The molecular weight excluding hydrogens is 350 g/mol. The number of likely N-dealkylation sites (tertiary alicyclic amines) is 1. The van der Waals surface area contributed by atoms with Crippen LogP contribution in [0.15, 0.2) is 55.0 Å². The van der Waals surface area contributed by atoms with E-state index in [1.54, 1.807) is 12.4 Å². The van der Waals surface area contributed by atoms with Crippen LogP contribution in [-0.2, 0) is 13.0 Å². The second kappa shape index (κ2) is 7.52. The summed E-state index contributed by atoms with van der Waals surface area (Å²) in [7, 11) is 0. The van der Waals surface area contributed by atoms with Gasteiger partial charge in [0.1, 0.15) is 5.82 Å². The summed E-state index contributed by atoms with van der Waals surface area (Å²) in [6.07, 6.45) is 9.07. The molecule has 0 radical (unpaired) electrons. The van der Waals surface area contributed by atoms with Gasteiger partial charge >= 0.3 is 0 Å². The van der Waals surface area contributed by atoms with Crippen LogP contribution in [0.25, 0.3) is 16.9 Å². The second-order valence-electron chi connectivity index (χ2n) is 7.51. The number of hydrogen-bond donors (Lipinski definition) is 1. The number of nitrogens with one attached hydrogen (secondary N) is 1. The lowest BCUT2D eigenvalue weighted by Gasteiger charge is -2.32. The highest BCUT2D eigenvalue weighted by atomic mass is 15.2. The molecule has 7 nitrogen and oxygen atoms in total. The van der Waals surface area contributed by atoms with Crippen LogP contribution in [0.2, 0.25) is 0 Å². The minimum atomic E-state index is 0.601. The van der Waals surface area contributed by atoms with Gasteiger partial charge in [0.25, 0.3) is 0 Å². The van der Waals surface area contributed by atoms with E-state index >= 15 is 0 Å². The van der Waals surface area contributed by atoms with Crippen molar-refractivity contribution in [3.8, 4) is 11.3 Å². The summed E-state index contributed by atoms with van der Waals surface area (Å²) in [6.45, 7) is 3.10. The molecule has 5 rings (SSSR count). The molecule has 1 aliphatic rings. The minimum absolute atomic E-state index is 0.601. The van der Waals surface area contributed by atoms with Crippen LogP contribution >= 0.6 is 0 Å². The molecule has 0 saturated carbocycles. The summed E-state index contributed by atoms with van der Waals surface area (Å²) < 4.78 is 2.11. The fourth-order valence-electron chi connectivity index (χ4n) is 4.10. The first kappa shape index (κ1) is 17.1. The summed E-state index contributed by atoms with van der Waals surface area (Å²) in [5.41, 5.74) is 4.14. The zero-order chi connectivity index (χ0) is 18.8. The summed E-state index contributed by atoms with van der Waals surface area (Å²) in [6, 6.07) is 12.2. The van der Waals surface area contributed by atoms with Gasteiger partial charge in [-0.1, -0.05) is 6.07 Å². The second-order valence-corrected chi connectivity index (χ2v) is 7.51. The molecule has 1 saturated heterocycles. The Morgan fingerprint density at radius 3 is 2.96 bits per heavy atom. The number of hydrogen-bond acceptors (Lipinski definition) is 5. The maximum atomic E-state index is 4.46. The van der Waals surface area contributed by atoms with Crippen LogP contribution in [-0.4, -0.2) is 47.8 Å². The average molecular weight is 373 g/mol. The van der Waals surface area contributed by atoms with Crippen molar-refractivity contribution >= 4 is 5.65 Å². The lowest BCUT2D eigenvalue weighted by Crippen LogP contribution is -2.36. The van der Waals surface area contributed by atoms with Gasteiger partial charge in [-0.25, -0.2) is 0 Å². The fraction of sp³-hybridized carbons (Fsp3) is 0.333. The molecule has 0 spiro atoms. The molecule has 7 heteroatoms. The molecule has 1 atom stereocenters.